The van der Waals surface area contributed by atoms with E-state index in [-0.39, 0.29) is 12.6 Å². The van der Waals surface area contributed by atoms with Crippen molar-refractivity contribution < 1.29 is 5.11 Å². The lowest BCUT2D eigenvalue weighted by molar-refractivity contribution is 0.251. The molecule has 3 heteroatoms. The third-order valence-corrected chi connectivity index (χ3v) is 2.72. The average molecular weight is 258 g/mol. The van der Waals surface area contributed by atoms with Gasteiger partial charge >= 0.3 is 0 Å². The number of benzene rings is 1. The molecule has 0 saturated carbocycles. The maximum Gasteiger partial charge on any atom is 0.0582 e. The number of hydrogen-bond acceptors (Lipinski definition) is 2. The number of aliphatic hydroxyl groups is 1. The van der Waals surface area contributed by atoms with Crippen molar-refractivity contribution in [3.05, 3.63) is 33.8 Å². The predicted molar refractivity (Wildman–Crippen MR) is 62.3 cm³/mol. The van der Waals surface area contributed by atoms with Gasteiger partial charge in [-0.2, -0.15) is 0 Å². The molecule has 78 valence electrons. The molecule has 0 saturated heterocycles. The maximum atomic E-state index is 8.86. The summed E-state index contributed by atoms with van der Waals surface area (Å²) in [6.07, 6.45) is 0. The molecule has 1 aromatic carbocycles. The molecule has 0 fully saturated rings. The van der Waals surface area contributed by atoms with Crippen LogP contribution in [0.25, 0.3) is 0 Å². The molecular weight excluding hydrogens is 242 g/mol. The van der Waals surface area contributed by atoms with Crippen LogP contribution in [0.15, 0.2) is 22.7 Å². The van der Waals surface area contributed by atoms with Crippen LogP contribution in [-0.2, 0) is 6.54 Å². The molecule has 1 unspecified atom stereocenters. The molecule has 0 heterocycles. The van der Waals surface area contributed by atoms with Crippen molar-refractivity contribution >= 4 is 15.9 Å². The van der Waals surface area contributed by atoms with Crippen LogP contribution in [0.4, 0.5) is 0 Å². The fourth-order valence-corrected chi connectivity index (χ4v) is 1.59. The molecular formula is C11H16BrNO. The number of aliphatic hydroxyl groups excluding tert-OH is 1. The predicted octanol–water partition coefficient (Wildman–Crippen LogP) is 2.23. The number of hydrogen-bond donors (Lipinski definition) is 2. The highest BCUT2D eigenvalue weighted by Gasteiger charge is 2.02. The first-order valence-electron chi connectivity index (χ1n) is 4.72. The molecule has 0 aliphatic heterocycles. The topological polar surface area (TPSA) is 32.3 Å². The van der Waals surface area contributed by atoms with E-state index in [4.69, 9.17) is 5.11 Å². The average Bonchev–Trinajstić information content (AvgIpc) is 2.19. The zero-order valence-corrected chi connectivity index (χ0v) is 10.1. The van der Waals surface area contributed by atoms with Gasteiger partial charge in [0.1, 0.15) is 0 Å². The summed E-state index contributed by atoms with van der Waals surface area (Å²) in [4.78, 5) is 0. The summed E-state index contributed by atoms with van der Waals surface area (Å²) in [5, 5.41) is 12.1. The summed E-state index contributed by atoms with van der Waals surface area (Å²) in [6.45, 7) is 5.03. The number of aryl methyl sites for hydroxylation is 1. The summed E-state index contributed by atoms with van der Waals surface area (Å²) in [5.74, 6) is 0. The maximum absolute atomic E-state index is 8.86. The highest BCUT2D eigenvalue weighted by Crippen LogP contribution is 2.15. The van der Waals surface area contributed by atoms with Crippen molar-refractivity contribution in [2.45, 2.75) is 26.4 Å². The lowest BCUT2D eigenvalue weighted by Gasteiger charge is -2.12. The molecule has 1 rings (SSSR count). The first-order valence-corrected chi connectivity index (χ1v) is 5.52. The molecule has 0 radical (unpaired) electrons. The third-order valence-electron chi connectivity index (χ3n) is 2.23. The Bertz CT molecular complexity index is 301. The summed E-state index contributed by atoms with van der Waals surface area (Å²) >= 11 is 3.44. The Morgan fingerprint density at radius 3 is 2.86 bits per heavy atom. The van der Waals surface area contributed by atoms with Gasteiger partial charge in [0.15, 0.2) is 0 Å². The van der Waals surface area contributed by atoms with Gasteiger partial charge in [-0.25, -0.2) is 0 Å². The minimum absolute atomic E-state index is 0.147. The standard InChI is InChI=1S/C11H16BrNO/c1-8-3-4-11(12)5-10(8)6-13-9(2)7-14/h3-5,9,13-14H,6-7H2,1-2H3. The largest absolute Gasteiger partial charge is 0.395 e. The van der Waals surface area contributed by atoms with Gasteiger partial charge in [-0.05, 0) is 37.1 Å². The quantitative estimate of drug-likeness (QED) is 0.868. The van der Waals surface area contributed by atoms with Crippen molar-refractivity contribution in [2.24, 2.45) is 0 Å². The van der Waals surface area contributed by atoms with Gasteiger partial charge in [0.2, 0.25) is 0 Å². The highest BCUT2D eigenvalue weighted by molar-refractivity contribution is 9.10. The van der Waals surface area contributed by atoms with Crippen LogP contribution in [0.5, 0.6) is 0 Å². The Kier molecular flexibility index (Phi) is 4.58. The van der Waals surface area contributed by atoms with Gasteiger partial charge in [0.05, 0.1) is 6.61 Å². The van der Waals surface area contributed by atoms with Crippen molar-refractivity contribution in [2.75, 3.05) is 6.61 Å². The molecule has 0 amide bonds. The third kappa shape index (κ3) is 3.40. The van der Waals surface area contributed by atoms with Crippen LogP contribution >= 0.6 is 15.9 Å². The Morgan fingerprint density at radius 1 is 1.50 bits per heavy atom. The number of halogens is 1. The molecule has 1 atom stereocenters. The monoisotopic (exact) mass is 257 g/mol. The van der Waals surface area contributed by atoms with E-state index >= 15 is 0 Å². The second-order valence-corrected chi connectivity index (χ2v) is 4.45. The first kappa shape index (κ1) is 11.7. The van der Waals surface area contributed by atoms with E-state index in [1.54, 1.807) is 0 Å². The molecule has 2 N–H and O–H groups in total. The lowest BCUT2D eigenvalue weighted by Crippen LogP contribution is -2.28. The van der Waals surface area contributed by atoms with E-state index in [2.05, 4.69) is 40.3 Å². The Hall–Kier alpha value is -0.380. The molecule has 0 aliphatic rings. The Labute approximate surface area is 93.5 Å². The van der Waals surface area contributed by atoms with Crippen molar-refractivity contribution in [1.29, 1.82) is 0 Å². The van der Waals surface area contributed by atoms with Crippen LogP contribution in [0.3, 0.4) is 0 Å². The first-order chi connectivity index (χ1) is 6.63. The van der Waals surface area contributed by atoms with Crippen LogP contribution in [0.1, 0.15) is 18.1 Å². The zero-order chi connectivity index (χ0) is 10.6. The van der Waals surface area contributed by atoms with Crippen LogP contribution in [0, 0.1) is 6.92 Å². The van der Waals surface area contributed by atoms with Crippen molar-refractivity contribution in [1.82, 2.24) is 5.32 Å². The van der Waals surface area contributed by atoms with Gasteiger partial charge in [-0.1, -0.05) is 22.0 Å². The molecule has 0 bridgehead atoms. The summed E-state index contributed by atoms with van der Waals surface area (Å²) in [6, 6.07) is 6.37. The van der Waals surface area contributed by atoms with E-state index in [9.17, 15) is 0 Å². The van der Waals surface area contributed by atoms with Gasteiger partial charge in [-0.3, -0.25) is 0 Å². The summed E-state index contributed by atoms with van der Waals surface area (Å²) in [7, 11) is 0. The zero-order valence-electron chi connectivity index (χ0n) is 8.55. The van der Waals surface area contributed by atoms with E-state index in [0.29, 0.717) is 0 Å². The van der Waals surface area contributed by atoms with Gasteiger partial charge < -0.3 is 10.4 Å². The fourth-order valence-electron chi connectivity index (χ4n) is 1.18. The van der Waals surface area contributed by atoms with Crippen molar-refractivity contribution in [3.8, 4) is 0 Å². The van der Waals surface area contributed by atoms with E-state index in [1.807, 2.05) is 13.0 Å². The van der Waals surface area contributed by atoms with Gasteiger partial charge in [0, 0.05) is 17.1 Å². The van der Waals surface area contributed by atoms with E-state index in [0.717, 1.165) is 11.0 Å². The SMILES string of the molecule is Cc1ccc(Br)cc1CNC(C)CO. The second-order valence-electron chi connectivity index (χ2n) is 3.54. The number of nitrogens with one attached hydrogen (secondary N) is 1. The van der Waals surface area contributed by atoms with Crippen LogP contribution < -0.4 is 5.32 Å². The molecule has 0 aliphatic carbocycles. The molecule has 2 nitrogen and oxygen atoms in total. The smallest absolute Gasteiger partial charge is 0.0582 e. The minimum atomic E-state index is 0.147. The van der Waals surface area contributed by atoms with E-state index < -0.39 is 0 Å². The van der Waals surface area contributed by atoms with E-state index in [1.165, 1.54) is 11.1 Å². The normalized spacial score (nSPS) is 12.9. The highest BCUT2D eigenvalue weighted by atomic mass is 79.9. The van der Waals surface area contributed by atoms with Crippen LogP contribution in [-0.4, -0.2) is 17.8 Å². The molecule has 1 aromatic rings. The second kappa shape index (κ2) is 5.49. The van der Waals surface area contributed by atoms with Gasteiger partial charge in [0.25, 0.3) is 0 Å². The van der Waals surface area contributed by atoms with Crippen LogP contribution in [0.2, 0.25) is 0 Å². The summed E-state index contributed by atoms with van der Waals surface area (Å²) in [5.41, 5.74) is 2.53. The molecule has 0 spiro atoms. The summed E-state index contributed by atoms with van der Waals surface area (Å²) < 4.78 is 1.09. The number of rotatable bonds is 4. The molecule has 14 heavy (non-hydrogen) atoms. The Morgan fingerprint density at radius 2 is 2.21 bits per heavy atom. The molecule has 0 aromatic heterocycles. The lowest BCUT2D eigenvalue weighted by atomic mass is 10.1. The Balaban J connectivity index is 2.62. The minimum Gasteiger partial charge on any atom is -0.395 e. The fraction of sp³-hybridized carbons (Fsp3) is 0.455. The van der Waals surface area contributed by atoms with Gasteiger partial charge in [-0.15, -0.1) is 0 Å². The van der Waals surface area contributed by atoms with Crippen molar-refractivity contribution in [3.63, 3.8) is 0 Å².